The zero-order valence-electron chi connectivity index (χ0n) is 10.2. The third kappa shape index (κ3) is 2.22. The number of carbonyl (C=O) groups is 2. The van der Waals surface area contributed by atoms with E-state index in [0.717, 1.165) is 0 Å². The minimum absolute atomic E-state index is 0.0760. The van der Waals surface area contributed by atoms with Crippen LogP contribution in [0.4, 0.5) is 0 Å². The summed E-state index contributed by atoms with van der Waals surface area (Å²) in [5.41, 5.74) is 0.328. The van der Waals surface area contributed by atoms with Crippen molar-refractivity contribution in [3.63, 3.8) is 0 Å². The molecule has 0 bridgehead atoms. The number of halogens is 1. The van der Waals surface area contributed by atoms with Crippen molar-refractivity contribution in [2.75, 3.05) is 20.2 Å². The Morgan fingerprint density at radius 2 is 2.22 bits per heavy atom. The van der Waals surface area contributed by atoms with Crippen molar-refractivity contribution in [2.45, 2.75) is 6.92 Å². The van der Waals surface area contributed by atoms with Gasteiger partial charge >= 0.3 is 5.97 Å². The van der Waals surface area contributed by atoms with Gasteiger partial charge in [-0.3, -0.25) is 9.59 Å². The average Bonchev–Trinajstić information content (AvgIpc) is 2.93. The van der Waals surface area contributed by atoms with Crippen LogP contribution in [0.1, 0.15) is 17.3 Å². The summed E-state index contributed by atoms with van der Waals surface area (Å²) < 4.78 is 9.62. The summed E-state index contributed by atoms with van der Waals surface area (Å²) in [7, 11) is 1.35. The molecule has 2 atom stereocenters. The minimum atomic E-state index is -0.281. The number of amides is 1. The van der Waals surface area contributed by atoms with Crippen molar-refractivity contribution >= 4 is 23.5 Å². The highest BCUT2D eigenvalue weighted by atomic mass is 35.5. The van der Waals surface area contributed by atoms with Gasteiger partial charge in [0.2, 0.25) is 5.22 Å². The highest BCUT2D eigenvalue weighted by Gasteiger charge is 2.38. The molecule has 1 amide bonds. The fourth-order valence-electron chi connectivity index (χ4n) is 2.21. The highest BCUT2D eigenvalue weighted by Crippen LogP contribution is 2.27. The van der Waals surface area contributed by atoms with Crippen LogP contribution in [-0.2, 0) is 9.53 Å². The van der Waals surface area contributed by atoms with E-state index < -0.39 is 0 Å². The van der Waals surface area contributed by atoms with Gasteiger partial charge < -0.3 is 14.1 Å². The Bertz CT molecular complexity index is 470. The van der Waals surface area contributed by atoms with Crippen molar-refractivity contribution < 1.29 is 18.7 Å². The molecule has 0 aromatic carbocycles. The van der Waals surface area contributed by atoms with Gasteiger partial charge in [-0.2, -0.15) is 0 Å². The van der Waals surface area contributed by atoms with Crippen molar-refractivity contribution in [3.05, 3.63) is 23.1 Å². The Morgan fingerprint density at radius 3 is 2.78 bits per heavy atom. The van der Waals surface area contributed by atoms with Gasteiger partial charge in [-0.1, -0.05) is 6.92 Å². The number of methoxy groups -OCH3 is 1. The van der Waals surface area contributed by atoms with Crippen LogP contribution in [0.3, 0.4) is 0 Å². The Labute approximate surface area is 110 Å². The third-order valence-electron chi connectivity index (χ3n) is 3.25. The van der Waals surface area contributed by atoms with Gasteiger partial charge in [0.25, 0.3) is 5.91 Å². The Hall–Kier alpha value is -1.49. The number of rotatable bonds is 2. The molecular weight excluding hydrogens is 258 g/mol. The van der Waals surface area contributed by atoms with E-state index >= 15 is 0 Å². The fraction of sp³-hybridized carbons (Fsp3) is 0.500. The summed E-state index contributed by atoms with van der Waals surface area (Å²) in [5, 5.41) is 0.0779. The summed E-state index contributed by atoms with van der Waals surface area (Å²) >= 11 is 5.77. The Balaban J connectivity index is 2.11. The highest BCUT2D eigenvalue weighted by molar-refractivity contribution is 6.32. The summed E-state index contributed by atoms with van der Waals surface area (Å²) in [6.45, 7) is 2.79. The van der Waals surface area contributed by atoms with Crippen molar-refractivity contribution in [3.8, 4) is 0 Å². The van der Waals surface area contributed by atoms with Crippen LogP contribution in [0.15, 0.2) is 16.7 Å². The zero-order valence-corrected chi connectivity index (χ0v) is 10.9. The fourth-order valence-corrected chi connectivity index (χ4v) is 2.40. The number of carbonyl (C=O) groups excluding carboxylic acids is 2. The summed E-state index contributed by atoms with van der Waals surface area (Å²) in [4.78, 5) is 25.3. The lowest BCUT2D eigenvalue weighted by molar-refractivity contribution is -0.146. The molecule has 1 aromatic heterocycles. The standard InChI is InChI=1S/C12H14ClNO4/c1-7-5-14(6-9(7)12(16)17-2)11(15)8-3-4-18-10(8)13/h3-4,7,9H,5-6H2,1-2H3. The summed E-state index contributed by atoms with van der Waals surface area (Å²) in [5.74, 6) is -0.695. The Morgan fingerprint density at radius 1 is 1.50 bits per heavy atom. The minimum Gasteiger partial charge on any atom is -0.469 e. The molecule has 2 unspecified atom stereocenters. The second kappa shape index (κ2) is 5.02. The Kier molecular flexibility index (Phi) is 3.61. The van der Waals surface area contributed by atoms with Crippen LogP contribution >= 0.6 is 11.6 Å². The van der Waals surface area contributed by atoms with Crippen LogP contribution in [0.2, 0.25) is 5.22 Å². The van der Waals surface area contributed by atoms with Gasteiger partial charge in [-0.05, 0) is 23.6 Å². The van der Waals surface area contributed by atoms with Gasteiger partial charge in [0.1, 0.15) is 0 Å². The lowest BCUT2D eigenvalue weighted by Crippen LogP contribution is -2.30. The first-order chi connectivity index (χ1) is 8.54. The molecule has 1 aromatic rings. The molecule has 0 N–H and O–H groups in total. The van der Waals surface area contributed by atoms with E-state index in [1.165, 1.54) is 19.4 Å². The molecule has 1 saturated heterocycles. The molecule has 18 heavy (non-hydrogen) atoms. The second-order valence-corrected chi connectivity index (χ2v) is 4.77. The molecule has 6 heteroatoms. The molecule has 98 valence electrons. The summed E-state index contributed by atoms with van der Waals surface area (Å²) in [6.07, 6.45) is 1.37. The molecule has 1 aliphatic rings. The predicted octanol–water partition coefficient (Wildman–Crippen LogP) is 1.81. The van der Waals surface area contributed by atoms with Gasteiger partial charge in [0.15, 0.2) is 0 Å². The maximum Gasteiger partial charge on any atom is 0.310 e. The first-order valence-corrected chi connectivity index (χ1v) is 6.02. The first kappa shape index (κ1) is 13.0. The maximum absolute atomic E-state index is 12.2. The van der Waals surface area contributed by atoms with Gasteiger partial charge in [-0.15, -0.1) is 0 Å². The monoisotopic (exact) mass is 271 g/mol. The van der Waals surface area contributed by atoms with E-state index in [-0.39, 0.29) is 28.9 Å². The number of furan rings is 1. The van der Waals surface area contributed by atoms with Crippen LogP contribution in [0, 0.1) is 11.8 Å². The van der Waals surface area contributed by atoms with E-state index in [1.807, 2.05) is 6.92 Å². The SMILES string of the molecule is COC(=O)C1CN(C(=O)c2ccoc2Cl)CC1C. The van der Waals surface area contributed by atoms with E-state index in [9.17, 15) is 9.59 Å². The van der Waals surface area contributed by atoms with E-state index in [2.05, 4.69) is 0 Å². The number of likely N-dealkylation sites (tertiary alicyclic amines) is 1. The van der Waals surface area contributed by atoms with E-state index in [0.29, 0.717) is 18.7 Å². The number of hydrogen-bond acceptors (Lipinski definition) is 4. The average molecular weight is 272 g/mol. The molecule has 0 spiro atoms. The molecule has 0 aliphatic carbocycles. The van der Waals surface area contributed by atoms with Crippen LogP contribution < -0.4 is 0 Å². The van der Waals surface area contributed by atoms with Crippen molar-refractivity contribution in [2.24, 2.45) is 11.8 Å². The predicted molar refractivity (Wildman–Crippen MR) is 64.3 cm³/mol. The van der Waals surface area contributed by atoms with E-state index in [4.69, 9.17) is 20.8 Å². The molecule has 2 heterocycles. The number of nitrogens with zero attached hydrogens (tertiary/aromatic N) is 1. The van der Waals surface area contributed by atoms with Crippen LogP contribution in [0.5, 0.6) is 0 Å². The second-order valence-electron chi connectivity index (χ2n) is 4.43. The van der Waals surface area contributed by atoms with Crippen molar-refractivity contribution in [1.29, 1.82) is 0 Å². The van der Waals surface area contributed by atoms with Gasteiger partial charge in [0, 0.05) is 13.1 Å². The maximum atomic E-state index is 12.2. The number of ether oxygens (including phenoxy) is 1. The smallest absolute Gasteiger partial charge is 0.310 e. The molecule has 1 aliphatic heterocycles. The molecular formula is C12H14ClNO4. The topological polar surface area (TPSA) is 59.8 Å². The van der Waals surface area contributed by atoms with E-state index in [1.54, 1.807) is 4.90 Å². The van der Waals surface area contributed by atoms with Gasteiger partial charge in [0.05, 0.1) is 24.9 Å². The molecule has 1 fully saturated rings. The lowest BCUT2D eigenvalue weighted by Gasteiger charge is -2.14. The largest absolute Gasteiger partial charge is 0.469 e. The quantitative estimate of drug-likeness (QED) is 0.770. The molecule has 2 rings (SSSR count). The number of hydrogen-bond donors (Lipinski definition) is 0. The lowest BCUT2D eigenvalue weighted by atomic mass is 9.99. The van der Waals surface area contributed by atoms with Gasteiger partial charge in [-0.25, -0.2) is 0 Å². The van der Waals surface area contributed by atoms with Crippen molar-refractivity contribution in [1.82, 2.24) is 4.90 Å². The first-order valence-electron chi connectivity index (χ1n) is 5.64. The molecule has 0 radical (unpaired) electrons. The summed E-state index contributed by atoms with van der Waals surface area (Å²) in [6, 6.07) is 1.53. The normalized spacial score (nSPS) is 23.2. The third-order valence-corrected chi connectivity index (χ3v) is 3.54. The number of esters is 1. The molecule has 5 nitrogen and oxygen atoms in total. The van der Waals surface area contributed by atoms with Crippen LogP contribution in [-0.4, -0.2) is 37.0 Å². The van der Waals surface area contributed by atoms with Crippen LogP contribution in [0.25, 0.3) is 0 Å². The molecule has 0 saturated carbocycles. The zero-order chi connectivity index (χ0) is 13.3.